The van der Waals surface area contributed by atoms with Crippen LogP contribution in [0.4, 0.5) is 8.78 Å². The van der Waals surface area contributed by atoms with Crippen molar-refractivity contribution >= 4 is 21.8 Å². The third-order valence-corrected chi connectivity index (χ3v) is 4.57. The summed E-state index contributed by atoms with van der Waals surface area (Å²) in [6.07, 6.45) is 1.66. The maximum Gasteiger partial charge on any atom is 0.251 e. The van der Waals surface area contributed by atoms with Gasteiger partial charge in [-0.15, -0.1) is 0 Å². The van der Waals surface area contributed by atoms with E-state index >= 15 is 0 Å². The first-order valence-corrected chi connectivity index (χ1v) is 8.84. The number of halogens is 3. The molecule has 0 aliphatic carbocycles. The van der Waals surface area contributed by atoms with Crippen molar-refractivity contribution in [2.75, 3.05) is 0 Å². The number of carbonyl (C=O) groups excluding carboxylic acids is 1. The Morgan fingerprint density at radius 3 is 2.78 bits per heavy atom. The summed E-state index contributed by atoms with van der Waals surface area (Å²) in [7, 11) is 1.79. The lowest BCUT2D eigenvalue weighted by Gasteiger charge is -2.10. The van der Waals surface area contributed by atoms with E-state index in [0.717, 1.165) is 22.3 Å². The lowest BCUT2D eigenvalue weighted by molar-refractivity contribution is 0.0949. The molecule has 140 valence electrons. The number of carbonyl (C=O) groups is 1. The highest BCUT2D eigenvalue weighted by molar-refractivity contribution is 9.10. The minimum absolute atomic E-state index is 0.0488. The van der Waals surface area contributed by atoms with Crippen LogP contribution >= 0.6 is 15.9 Å². The highest BCUT2D eigenvalue weighted by Gasteiger charge is 2.11. The van der Waals surface area contributed by atoms with Crippen molar-refractivity contribution in [1.82, 2.24) is 15.1 Å². The number of nitrogens with one attached hydrogen (secondary N) is 1. The molecule has 1 aromatic heterocycles. The number of aryl methyl sites for hydroxylation is 1. The van der Waals surface area contributed by atoms with Gasteiger partial charge in [-0.25, -0.2) is 8.78 Å². The lowest BCUT2D eigenvalue weighted by atomic mass is 10.1. The van der Waals surface area contributed by atoms with E-state index in [1.807, 2.05) is 0 Å². The number of ether oxygens (including phenoxy) is 1. The number of amides is 1. The van der Waals surface area contributed by atoms with Gasteiger partial charge in [-0.05, 0) is 45.8 Å². The SMILES string of the molecule is Cn1ncc(Br)c1CNC(=O)c1cccc(COc2ccc(F)cc2F)c1. The summed E-state index contributed by atoms with van der Waals surface area (Å²) in [5, 5.41) is 6.92. The minimum Gasteiger partial charge on any atom is -0.486 e. The second-order valence-corrected chi connectivity index (χ2v) is 6.66. The number of nitrogens with zero attached hydrogens (tertiary/aromatic N) is 2. The highest BCUT2D eigenvalue weighted by atomic mass is 79.9. The van der Waals surface area contributed by atoms with Crippen LogP contribution in [0.1, 0.15) is 21.6 Å². The topological polar surface area (TPSA) is 56.2 Å². The van der Waals surface area contributed by atoms with Crippen LogP contribution in [-0.4, -0.2) is 15.7 Å². The zero-order chi connectivity index (χ0) is 19.4. The van der Waals surface area contributed by atoms with Gasteiger partial charge < -0.3 is 10.1 Å². The molecule has 1 amide bonds. The Bertz CT molecular complexity index is 956. The molecule has 0 radical (unpaired) electrons. The molecule has 0 saturated heterocycles. The van der Waals surface area contributed by atoms with Gasteiger partial charge in [0.15, 0.2) is 11.6 Å². The van der Waals surface area contributed by atoms with Crippen molar-refractivity contribution in [3.63, 3.8) is 0 Å². The minimum atomic E-state index is -0.773. The van der Waals surface area contributed by atoms with Crippen LogP contribution in [0, 0.1) is 11.6 Å². The molecule has 0 unspecified atom stereocenters. The summed E-state index contributed by atoms with van der Waals surface area (Å²) in [6, 6.07) is 9.93. The van der Waals surface area contributed by atoms with Gasteiger partial charge in [0, 0.05) is 18.7 Å². The number of aromatic nitrogens is 2. The fourth-order valence-corrected chi connectivity index (χ4v) is 2.95. The number of benzene rings is 2. The van der Waals surface area contributed by atoms with Crippen LogP contribution in [0.25, 0.3) is 0 Å². The van der Waals surface area contributed by atoms with Gasteiger partial charge in [0.1, 0.15) is 12.4 Å². The molecule has 27 heavy (non-hydrogen) atoms. The molecule has 3 aromatic rings. The van der Waals surface area contributed by atoms with Gasteiger partial charge in [-0.1, -0.05) is 12.1 Å². The third kappa shape index (κ3) is 4.71. The van der Waals surface area contributed by atoms with E-state index in [4.69, 9.17) is 4.74 Å². The standard InChI is InChI=1S/C19H16BrF2N3O2/c1-25-17(15(20)9-24-25)10-23-19(26)13-4-2-3-12(7-13)11-27-18-6-5-14(21)8-16(18)22/h2-9H,10-11H2,1H3,(H,23,26). The fraction of sp³-hybridized carbons (Fsp3) is 0.158. The van der Waals surface area contributed by atoms with E-state index in [9.17, 15) is 13.6 Å². The molecule has 0 spiro atoms. The third-order valence-electron chi connectivity index (χ3n) is 3.90. The van der Waals surface area contributed by atoms with E-state index in [1.165, 1.54) is 6.07 Å². The van der Waals surface area contributed by atoms with Gasteiger partial charge in [0.25, 0.3) is 5.91 Å². The average Bonchev–Trinajstić information content (AvgIpc) is 2.97. The molecule has 1 heterocycles. The Hall–Kier alpha value is -2.74. The van der Waals surface area contributed by atoms with Crippen LogP contribution in [0.5, 0.6) is 5.75 Å². The zero-order valence-corrected chi connectivity index (χ0v) is 16.0. The Morgan fingerprint density at radius 1 is 1.26 bits per heavy atom. The summed E-state index contributed by atoms with van der Waals surface area (Å²) in [5.41, 5.74) is 1.98. The highest BCUT2D eigenvalue weighted by Crippen LogP contribution is 2.19. The molecule has 5 nitrogen and oxygen atoms in total. The lowest BCUT2D eigenvalue weighted by Crippen LogP contribution is -2.24. The second-order valence-electron chi connectivity index (χ2n) is 5.81. The molecular formula is C19H16BrF2N3O2. The van der Waals surface area contributed by atoms with E-state index in [1.54, 1.807) is 42.2 Å². The Balaban J connectivity index is 1.63. The monoisotopic (exact) mass is 435 g/mol. The van der Waals surface area contributed by atoms with E-state index in [2.05, 4.69) is 26.3 Å². The number of rotatable bonds is 6. The van der Waals surface area contributed by atoms with Gasteiger partial charge in [-0.2, -0.15) is 5.10 Å². The molecule has 0 saturated carbocycles. The van der Waals surface area contributed by atoms with E-state index in [0.29, 0.717) is 17.7 Å². The number of hydrogen-bond donors (Lipinski definition) is 1. The van der Waals surface area contributed by atoms with Gasteiger partial charge in [-0.3, -0.25) is 9.48 Å². The largest absolute Gasteiger partial charge is 0.486 e. The first kappa shape index (κ1) is 19.0. The van der Waals surface area contributed by atoms with Crippen molar-refractivity contribution in [3.8, 4) is 5.75 Å². The maximum absolute atomic E-state index is 13.6. The van der Waals surface area contributed by atoms with Crippen molar-refractivity contribution < 1.29 is 18.3 Å². The summed E-state index contributed by atoms with van der Waals surface area (Å²) in [6.45, 7) is 0.369. The summed E-state index contributed by atoms with van der Waals surface area (Å²) < 4.78 is 34.4. The van der Waals surface area contributed by atoms with Crippen LogP contribution in [0.2, 0.25) is 0 Å². The van der Waals surface area contributed by atoms with Crippen molar-refractivity contribution in [1.29, 1.82) is 0 Å². The summed E-state index contributed by atoms with van der Waals surface area (Å²) in [5.74, 6) is -1.74. The molecule has 8 heteroatoms. The molecule has 0 aliphatic heterocycles. The quantitative estimate of drug-likeness (QED) is 0.637. The van der Waals surface area contributed by atoms with E-state index < -0.39 is 11.6 Å². The Kier molecular flexibility index (Phi) is 5.85. The second kappa shape index (κ2) is 8.30. The van der Waals surface area contributed by atoms with E-state index in [-0.39, 0.29) is 18.3 Å². The van der Waals surface area contributed by atoms with Gasteiger partial charge >= 0.3 is 0 Å². The van der Waals surface area contributed by atoms with Crippen LogP contribution in [-0.2, 0) is 20.2 Å². The molecule has 0 aliphatic rings. The first-order valence-electron chi connectivity index (χ1n) is 8.05. The smallest absolute Gasteiger partial charge is 0.251 e. The first-order chi connectivity index (χ1) is 12.9. The van der Waals surface area contributed by atoms with Gasteiger partial charge in [0.2, 0.25) is 0 Å². The Labute approximate surface area is 163 Å². The predicted octanol–water partition coefficient (Wildman–Crippen LogP) is 3.97. The number of hydrogen-bond acceptors (Lipinski definition) is 3. The summed E-state index contributed by atoms with van der Waals surface area (Å²) >= 11 is 3.38. The van der Waals surface area contributed by atoms with Crippen molar-refractivity contribution in [2.45, 2.75) is 13.2 Å². The zero-order valence-electron chi connectivity index (χ0n) is 14.4. The molecule has 2 aromatic carbocycles. The predicted molar refractivity (Wildman–Crippen MR) is 99.2 cm³/mol. The molecule has 0 bridgehead atoms. The molecule has 3 rings (SSSR count). The summed E-state index contributed by atoms with van der Waals surface area (Å²) in [4.78, 5) is 12.4. The molecule has 0 atom stereocenters. The van der Waals surface area contributed by atoms with Crippen molar-refractivity contribution in [3.05, 3.63) is 81.6 Å². The van der Waals surface area contributed by atoms with Crippen LogP contribution < -0.4 is 10.1 Å². The van der Waals surface area contributed by atoms with Gasteiger partial charge in [0.05, 0.1) is 22.9 Å². The van der Waals surface area contributed by atoms with Crippen LogP contribution in [0.15, 0.2) is 53.1 Å². The normalized spacial score (nSPS) is 10.7. The van der Waals surface area contributed by atoms with Crippen LogP contribution in [0.3, 0.4) is 0 Å². The molecule has 0 fully saturated rings. The average molecular weight is 436 g/mol. The fourth-order valence-electron chi connectivity index (χ4n) is 2.46. The maximum atomic E-state index is 13.6. The molecule has 1 N–H and O–H groups in total. The molecular weight excluding hydrogens is 420 g/mol. The Morgan fingerprint density at radius 2 is 2.07 bits per heavy atom. The van der Waals surface area contributed by atoms with Crippen molar-refractivity contribution in [2.24, 2.45) is 7.05 Å².